The van der Waals surface area contributed by atoms with Crippen LogP contribution in [0, 0.1) is 6.92 Å². The van der Waals surface area contributed by atoms with Crippen LogP contribution in [0.2, 0.25) is 0 Å². The fourth-order valence-electron chi connectivity index (χ4n) is 2.08. The van der Waals surface area contributed by atoms with Gasteiger partial charge < -0.3 is 10.1 Å². The lowest BCUT2D eigenvalue weighted by molar-refractivity contribution is 0.478. The molecule has 1 aliphatic carbocycles. The van der Waals surface area contributed by atoms with E-state index in [0.717, 1.165) is 34.1 Å². The van der Waals surface area contributed by atoms with Gasteiger partial charge in [-0.25, -0.2) is 0 Å². The summed E-state index contributed by atoms with van der Waals surface area (Å²) in [7, 11) is 0. The van der Waals surface area contributed by atoms with Gasteiger partial charge in [0.15, 0.2) is 0 Å². The molecule has 0 unspecified atom stereocenters. The van der Waals surface area contributed by atoms with Gasteiger partial charge in [-0.15, -0.1) is 0 Å². The highest BCUT2D eigenvalue weighted by atomic mass is 79.9. The summed E-state index contributed by atoms with van der Waals surface area (Å²) in [4.78, 5) is 0. The molecule has 2 nitrogen and oxygen atoms in total. The average Bonchev–Trinajstić information content (AvgIpc) is 3.25. The van der Waals surface area contributed by atoms with Crippen LogP contribution in [-0.4, -0.2) is 6.04 Å². The molecular formula is C17H18BrNO. The molecule has 0 amide bonds. The van der Waals surface area contributed by atoms with Gasteiger partial charge in [0.2, 0.25) is 0 Å². The van der Waals surface area contributed by atoms with E-state index >= 15 is 0 Å². The van der Waals surface area contributed by atoms with Crippen LogP contribution in [-0.2, 0) is 6.54 Å². The van der Waals surface area contributed by atoms with Crippen molar-refractivity contribution >= 4 is 15.9 Å². The predicted octanol–water partition coefficient (Wildman–Crippen LogP) is 4.80. The molecule has 0 radical (unpaired) electrons. The fraction of sp³-hybridized carbons (Fsp3) is 0.294. The number of ether oxygens (including phenoxy) is 1. The molecule has 0 heterocycles. The normalized spacial score (nSPS) is 14.3. The summed E-state index contributed by atoms with van der Waals surface area (Å²) < 4.78 is 6.99. The van der Waals surface area contributed by atoms with Crippen molar-refractivity contribution in [3.8, 4) is 11.5 Å². The smallest absolute Gasteiger partial charge is 0.130 e. The Morgan fingerprint density at radius 2 is 1.90 bits per heavy atom. The van der Waals surface area contributed by atoms with Crippen molar-refractivity contribution in [3.63, 3.8) is 0 Å². The van der Waals surface area contributed by atoms with Crippen molar-refractivity contribution in [1.29, 1.82) is 0 Å². The zero-order chi connectivity index (χ0) is 13.9. The molecule has 0 aromatic heterocycles. The van der Waals surface area contributed by atoms with Crippen LogP contribution in [0.5, 0.6) is 11.5 Å². The van der Waals surface area contributed by atoms with Crippen molar-refractivity contribution in [3.05, 3.63) is 58.1 Å². The molecule has 1 saturated carbocycles. The molecule has 104 valence electrons. The largest absolute Gasteiger partial charge is 0.457 e. The first-order chi connectivity index (χ1) is 9.70. The molecule has 20 heavy (non-hydrogen) atoms. The van der Waals surface area contributed by atoms with Crippen LogP contribution in [0.15, 0.2) is 46.9 Å². The minimum atomic E-state index is 0.747. The van der Waals surface area contributed by atoms with Gasteiger partial charge in [-0.2, -0.15) is 0 Å². The summed E-state index contributed by atoms with van der Waals surface area (Å²) in [6.45, 7) is 3.00. The summed E-state index contributed by atoms with van der Waals surface area (Å²) >= 11 is 3.46. The first-order valence-corrected chi connectivity index (χ1v) is 7.76. The summed E-state index contributed by atoms with van der Waals surface area (Å²) in [6, 6.07) is 15.1. The zero-order valence-corrected chi connectivity index (χ0v) is 13.1. The van der Waals surface area contributed by atoms with Gasteiger partial charge in [-0.3, -0.25) is 0 Å². The van der Waals surface area contributed by atoms with E-state index in [1.54, 1.807) is 0 Å². The Hall–Kier alpha value is -1.32. The van der Waals surface area contributed by atoms with Crippen LogP contribution in [0.1, 0.15) is 24.0 Å². The molecule has 0 aliphatic heterocycles. The van der Waals surface area contributed by atoms with Gasteiger partial charge in [0, 0.05) is 17.1 Å². The molecular weight excluding hydrogens is 314 g/mol. The topological polar surface area (TPSA) is 21.3 Å². The summed E-state index contributed by atoms with van der Waals surface area (Å²) in [6.07, 6.45) is 2.65. The van der Waals surface area contributed by atoms with Crippen molar-refractivity contribution < 1.29 is 4.74 Å². The minimum absolute atomic E-state index is 0.747. The molecule has 1 fully saturated rings. The van der Waals surface area contributed by atoms with E-state index < -0.39 is 0 Å². The third-order valence-electron chi connectivity index (χ3n) is 3.46. The summed E-state index contributed by atoms with van der Waals surface area (Å²) in [5, 5.41) is 3.51. The van der Waals surface area contributed by atoms with Crippen LogP contribution >= 0.6 is 15.9 Å². The highest BCUT2D eigenvalue weighted by Gasteiger charge is 2.19. The van der Waals surface area contributed by atoms with Gasteiger partial charge in [0.25, 0.3) is 0 Å². The van der Waals surface area contributed by atoms with Crippen LogP contribution in [0.3, 0.4) is 0 Å². The number of aryl methyl sites for hydroxylation is 1. The molecule has 2 aromatic carbocycles. The summed E-state index contributed by atoms with van der Waals surface area (Å²) in [5.41, 5.74) is 2.43. The highest BCUT2D eigenvalue weighted by Crippen LogP contribution is 2.27. The lowest BCUT2D eigenvalue weighted by atomic mass is 10.2. The predicted molar refractivity (Wildman–Crippen MR) is 85.3 cm³/mol. The lowest BCUT2D eigenvalue weighted by Crippen LogP contribution is -2.14. The van der Waals surface area contributed by atoms with E-state index in [1.165, 1.54) is 18.4 Å². The molecule has 0 saturated heterocycles. The Labute approximate surface area is 128 Å². The van der Waals surface area contributed by atoms with Crippen LogP contribution in [0.25, 0.3) is 0 Å². The SMILES string of the molecule is Cc1cc(Br)ccc1Oc1ccc(CNC2CC2)cc1. The number of rotatable bonds is 5. The van der Waals surface area contributed by atoms with Gasteiger partial charge in [-0.1, -0.05) is 28.1 Å². The maximum atomic E-state index is 5.92. The number of halogens is 1. The first kappa shape index (κ1) is 13.7. The van der Waals surface area contributed by atoms with E-state index in [9.17, 15) is 0 Å². The Morgan fingerprint density at radius 1 is 1.15 bits per heavy atom. The van der Waals surface area contributed by atoms with Gasteiger partial charge in [0.1, 0.15) is 11.5 Å². The summed E-state index contributed by atoms with van der Waals surface area (Å²) in [5.74, 6) is 1.78. The Balaban J connectivity index is 1.64. The quantitative estimate of drug-likeness (QED) is 0.849. The van der Waals surface area contributed by atoms with Crippen molar-refractivity contribution in [2.75, 3.05) is 0 Å². The molecule has 1 N–H and O–H groups in total. The third kappa shape index (κ3) is 3.62. The Bertz CT molecular complexity index is 590. The molecule has 0 bridgehead atoms. The van der Waals surface area contributed by atoms with Crippen LogP contribution in [0.4, 0.5) is 0 Å². The Morgan fingerprint density at radius 3 is 2.55 bits per heavy atom. The van der Waals surface area contributed by atoms with E-state index in [1.807, 2.05) is 31.2 Å². The number of hydrogen-bond acceptors (Lipinski definition) is 2. The van der Waals surface area contributed by atoms with E-state index in [-0.39, 0.29) is 0 Å². The lowest BCUT2D eigenvalue weighted by Gasteiger charge is -2.10. The average molecular weight is 332 g/mol. The zero-order valence-electron chi connectivity index (χ0n) is 11.5. The van der Waals surface area contributed by atoms with E-state index in [2.05, 4.69) is 39.4 Å². The molecule has 2 aromatic rings. The van der Waals surface area contributed by atoms with E-state index in [0.29, 0.717) is 0 Å². The maximum absolute atomic E-state index is 5.92. The third-order valence-corrected chi connectivity index (χ3v) is 3.95. The van der Waals surface area contributed by atoms with Crippen molar-refractivity contribution in [1.82, 2.24) is 5.32 Å². The molecule has 3 heteroatoms. The number of hydrogen-bond donors (Lipinski definition) is 1. The van der Waals surface area contributed by atoms with Crippen molar-refractivity contribution in [2.45, 2.75) is 32.4 Å². The molecule has 0 atom stereocenters. The first-order valence-electron chi connectivity index (χ1n) is 6.97. The standard InChI is InChI=1S/C17H18BrNO/c1-12-10-14(18)4-9-17(12)20-16-7-2-13(3-8-16)11-19-15-5-6-15/h2-4,7-10,15,19H,5-6,11H2,1H3. The molecule has 0 spiro atoms. The second-order valence-electron chi connectivity index (χ2n) is 5.31. The molecule has 3 rings (SSSR count). The number of nitrogens with one attached hydrogen (secondary N) is 1. The second-order valence-corrected chi connectivity index (χ2v) is 6.23. The number of benzene rings is 2. The second kappa shape index (κ2) is 5.98. The maximum Gasteiger partial charge on any atom is 0.130 e. The Kier molecular flexibility index (Phi) is 4.08. The van der Waals surface area contributed by atoms with Crippen molar-refractivity contribution in [2.24, 2.45) is 0 Å². The monoisotopic (exact) mass is 331 g/mol. The minimum Gasteiger partial charge on any atom is -0.457 e. The van der Waals surface area contributed by atoms with Gasteiger partial charge in [0.05, 0.1) is 0 Å². The van der Waals surface area contributed by atoms with Crippen LogP contribution < -0.4 is 10.1 Å². The van der Waals surface area contributed by atoms with Gasteiger partial charge >= 0.3 is 0 Å². The molecule has 1 aliphatic rings. The fourth-order valence-corrected chi connectivity index (χ4v) is 2.55. The van der Waals surface area contributed by atoms with E-state index in [4.69, 9.17) is 4.74 Å². The van der Waals surface area contributed by atoms with Gasteiger partial charge in [-0.05, 0) is 61.2 Å². The highest BCUT2D eigenvalue weighted by molar-refractivity contribution is 9.10.